The Morgan fingerprint density at radius 3 is 1.98 bits per heavy atom. The molecule has 218 valence electrons. The summed E-state index contributed by atoms with van der Waals surface area (Å²) in [6.07, 6.45) is -5.08. The number of hydrogen-bond acceptors (Lipinski definition) is 6. The van der Waals surface area contributed by atoms with Crippen LogP contribution in [-0.2, 0) is 9.59 Å². The lowest BCUT2D eigenvalue weighted by Gasteiger charge is -2.36. The summed E-state index contributed by atoms with van der Waals surface area (Å²) in [6.45, 7) is 10.5. The van der Waals surface area contributed by atoms with E-state index < -0.39 is 18.1 Å². The smallest absolute Gasteiger partial charge is 0.478 e. The maximum Gasteiger partial charge on any atom is 0.490 e. The molecule has 1 heterocycles. The molecule has 0 saturated carbocycles. The van der Waals surface area contributed by atoms with E-state index in [4.69, 9.17) is 9.90 Å². The summed E-state index contributed by atoms with van der Waals surface area (Å²) in [5, 5.41) is 22.7. The average molecular weight is 567 g/mol. The van der Waals surface area contributed by atoms with Crippen LogP contribution >= 0.6 is 0 Å². The van der Waals surface area contributed by atoms with Gasteiger partial charge in [0.2, 0.25) is 5.91 Å². The van der Waals surface area contributed by atoms with E-state index in [-0.39, 0.29) is 22.9 Å². The lowest BCUT2D eigenvalue weighted by atomic mass is 10.1. The van der Waals surface area contributed by atoms with Gasteiger partial charge >= 0.3 is 18.1 Å². The minimum Gasteiger partial charge on any atom is -0.478 e. The maximum atomic E-state index is 12.6. The molecule has 4 N–H and O–H groups in total. The number of anilines is 2. The van der Waals surface area contributed by atoms with Gasteiger partial charge in [0, 0.05) is 43.0 Å². The molecule has 2 aromatic rings. The fourth-order valence-electron chi connectivity index (χ4n) is 3.89. The van der Waals surface area contributed by atoms with E-state index in [1.165, 1.54) is 6.07 Å². The fourth-order valence-corrected chi connectivity index (χ4v) is 3.89. The number of carbonyl (C=O) groups excluding carboxylic acids is 2. The Morgan fingerprint density at radius 1 is 0.900 bits per heavy atom. The summed E-state index contributed by atoms with van der Waals surface area (Å²) in [5.74, 6) is -4.10. The number of piperazine rings is 1. The molecule has 0 atom stereocenters. The van der Waals surface area contributed by atoms with Gasteiger partial charge in [0.15, 0.2) is 0 Å². The Hall–Kier alpha value is -4.13. The monoisotopic (exact) mass is 566 g/mol. The van der Waals surface area contributed by atoms with E-state index in [1.54, 1.807) is 24.3 Å². The van der Waals surface area contributed by atoms with Crippen molar-refractivity contribution in [2.45, 2.75) is 39.4 Å². The summed E-state index contributed by atoms with van der Waals surface area (Å²) < 4.78 is 31.7. The summed E-state index contributed by atoms with van der Waals surface area (Å²) in [5.41, 5.74) is 2.30. The Bertz CT molecular complexity index is 1240. The molecule has 3 rings (SSSR count). The fraction of sp³-hybridized carbons (Fsp3) is 0.407. The first kappa shape index (κ1) is 32.1. The summed E-state index contributed by atoms with van der Waals surface area (Å²) in [7, 11) is 0. The van der Waals surface area contributed by atoms with E-state index in [1.807, 2.05) is 44.7 Å². The molecule has 0 aromatic heterocycles. The van der Waals surface area contributed by atoms with Crippen molar-refractivity contribution in [3.8, 4) is 0 Å². The largest absolute Gasteiger partial charge is 0.490 e. The number of halogens is 3. The predicted molar refractivity (Wildman–Crippen MR) is 143 cm³/mol. The number of aromatic carboxylic acids is 1. The van der Waals surface area contributed by atoms with Crippen LogP contribution in [0, 0.1) is 6.92 Å². The first-order valence-electron chi connectivity index (χ1n) is 12.3. The van der Waals surface area contributed by atoms with Crippen LogP contribution in [0.15, 0.2) is 42.5 Å². The summed E-state index contributed by atoms with van der Waals surface area (Å²) in [6, 6.07) is 12.2. The van der Waals surface area contributed by atoms with Crippen LogP contribution in [0.1, 0.15) is 47.1 Å². The molecule has 2 amide bonds. The minimum atomic E-state index is -5.08. The number of carbonyl (C=O) groups is 4. The number of amides is 2. The van der Waals surface area contributed by atoms with Crippen LogP contribution in [0.2, 0.25) is 0 Å². The molecule has 1 aliphatic heterocycles. The molecule has 10 nitrogen and oxygen atoms in total. The molecule has 1 saturated heterocycles. The molecule has 0 aliphatic carbocycles. The molecule has 1 fully saturated rings. The van der Waals surface area contributed by atoms with E-state index in [0.29, 0.717) is 49.7 Å². The first-order chi connectivity index (χ1) is 18.5. The number of aliphatic carboxylic acids is 1. The van der Waals surface area contributed by atoms with Crippen LogP contribution in [0.5, 0.6) is 0 Å². The van der Waals surface area contributed by atoms with Gasteiger partial charge < -0.3 is 25.7 Å². The molecule has 0 bridgehead atoms. The van der Waals surface area contributed by atoms with Crippen molar-refractivity contribution in [3.63, 3.8) is 0 Å². The normalized spacial score (nSPS) is 14.0. The Balaban J connectivity index is 0.000000708. The number of hydrogen-bond donors (Lipinski definition) is 4. The second-order valence-corrected chi connectivity index (χ2v) is 10.2. The SMILES string of the molecule is Cc1ccccc1C(=O)Nc1ccc(N2CCN(CC(=O)NC(C)(C)C)CC2)c(C(=O)O)c1.O=C(O)C(F)(F)F. The van der Waals surface area contributed by atoms with Crippen molar-refractivity contribution < 1.29 is 42.6 Å². The zero-order chi connectivity index (χ0) is 30.3. The molecule has 0 radical (unpaired) electrons. The molecule has 40 heavy (non-hydrogen) atoms. The topological polar surface area (TPSA) is 139 Å². The highest BCUT2D eigenvalue weighted by molar-refractivity contribution is 6.06. The van der Waals surface area contributed by atoms with E-state index >= 15 is 0 Å². The maximum absolute atomic E-state index is 12.6. The van der Waals surface area contributed by atoms with E-state index in [9.17, 15) is 32.7 Å². The van der Waals surface area contributed by atoms with Crippen LogP contribution in [-0.4, -0.2) is 83.3 Å². The highest BCUT2D eigenvalue weighted by Gasteiger charge is 2.38. The Morgan fingerprint density at radius 2 is 1.48 bits per heavy atom. The molecule has 0 unspecified atom stereocenters. The van der Waals surface area contributed by atoms with Gasteiger partial charge in [-0.1, -0.05) is 18.2 Å². The highest BCUT2D eigenvalue weighted by atomic mass is 19.4. The average Bonchev–Trinajstić information content (AvgIpc) is 2.83. The second kappa shape index (κ2) is 13.3. The summed E-state index contributed by atoms with van der Waals surface area (Å²) in [4.78, 5) is 49.7. The zero-order valence-electron chi connectivity index (χ0n) is 22.6. The van der Waals surface area contributed by atoms with Crippen molar-refractivity contribution in [3.05, 3.63) is 59.2 Å². The van der Waals surface area contributed by atoms with Gasteiger partial charge in [-0.3, -0.25) is 14.5 Å². The number of carboxylic acid groups (broad SMARTS) is 2. The molecule has 0 spiro atoms. The number of carboxylic acids is 2. The zero-order valence-corrected chi connectivity index (χ0v) is 22.6. The third kappa shape index (κ3) is 9.88. The van der Waals surface area contributed by atoms with Crippen LogP contribution in [0.4, 0.5) is 24.5 Å². The van der Waals surface area contributed by atoms with Crippen molar-refractivity contribution in [2.24, 2.45) is 0 Å². The molecule has 13 heteroatoms. The van der Waals surface area contributed by atoms with Gasteiger partial charge in [-0.2, -0.15) is 13.2 Å². The second-order valence-electron chi connectivity index (χ2n) is 10.2. The lowest BCUT2D eigenvalue weighted by molar-refractivity contribution is -0.192. The third-order valence-corrected chi connectivity index (χ3v) is 5.71. The van der Waals surface area contributed by atoms with Gasteiger partial charge in [-0.25, -0.2) is 9.59 Å². The quantitative estimate of drug-likeness (QED) is 0.416. The number of nitrogens with zero attached hydrogens (tertiary/aromatic N) is 2. The number of nitrogens with one attached hydrogen (secondary N) is 2. The van der Waals surface area contributed by atoms with Crippen molar-refractivity contribution in [2.75, 3.05) is 42.9 Å². The lowest BCUT2D eigenvalue weighted by Crippen LogP contribution is -2.52. The first-order valence-corrected chi connectivity index (χ1v) is 12.3. The standard InChI is InChI=1S/C25H32N4O4.C2HF3O2/c1-17-7-5-6-8-19(17)23(31)26-18-9-10-21(20(15-18)24(32)33)29-13-11-28(12-14-29)16-22(30)27-25(2,3)4;3-2(4,5)1(6)7/h5-10,15H,11-14,16H2,1-4H3,(H,26,31)(H,27,30)(H,32,33);(H,6,7). The van der Waals surface area contributed by atoms with Crippen molar-refractivity contribution >= 4 is 35.1 Å². The highest BCUT2D eigenvalue weighted by Crippen LogP contribution is 2.26. The summed E-state index contributed by atoms with van der Waals surface area (Å²) >= 11 is 0. The van der Waals surface area contributed by atoms with Gasteiger partial charge in [0.1, 0.15) is 0 Å². The number of aryl methyl sites for hydroxylation is 1. The van der Waals surface area contributed by atoms with E-state index in [0.717, 1.165) is 5.56 Å². The third-order valence-electron chi connectivity index (χ3n) is 5.71. The minimum absolute atomic E-state index is 0.0177. The predicted octanol–water partition coefficient (Wildman–Crippen LogP) is 3.62. The van der Waals surface area contributed by atoms with Crippen molar-refractivity contribution in [1.82, 2.24) is 10.2 Å². The van der Waals surface area contributed by atoms with Crippen LogP contribution in [0.3, 0.4) is 0 Å². The molecular weight excluding hydrogens is 533 g/mol. The number of rotatable bonds is 6. The van der Waals surface area contributed by atoms with Crippen molar-refractivity contribution in [1.29, 1.82) is 0 Å². The molecular formula is C27H33F3N4O6. The van der Waals surface area contributed by atoms with Gasteiger partial charge in [0.25, 0.3) is 5.91 Å². The molecule has 2 aromatic carbocycles. The van der Waals surface area contributed by atoms with E-state index in [2.05, 4.69) is 15.5 Å². The Labute approximate surface area is 229 Å². The van der Waals surface area contributed by atoms with Crippen LogP contribution in [0.25, 0.3) is 0 Å². The Kier molecular flexibility index (Phi) is 10.7. The number of benzene rings is 2. The van der Waals surface area contributed by atoms with Gasteiger partial charge in [-0.15, -0.1) is 0 Å². The van der Waals surface area contributed by atoms with Crippen LogP contribution < -0.4 is 15.5 Å². The number of alkyl halides is 3. The van der Waals surface area contributed by atoms with Gasteiger partial charge in [-0.05, 0) is 57.5 Å². The molecule has 1 aliphatic rings. The van der Waals surface area contributed by atoms with Gasteiger partial charge in [0.05, 0.1) is 17.8 Å².